The number of anilines is 2. The highest BCUT2D eigenvalue weighted by Crippen LogP contribution is 2.28. The van der Waals surface area contributed by atoms with Gasteiger partial charge in [-0.2, -0.15) is 5.10 Å². The van der Waals surface area contributed by atoms with Gasteiger partial charge >= 0.3 is 0 Å². The van der Waals surface area contributed by atoms with E-state index in [1.54, 1.807) is 6.07 Å². The van der Waals surface area contributed by atoms with Gasteiger partial charge in [-0.25, -0.2) is 0 Å². The van der Waals surface area contributed by atoms with E-state index in [9.17, 15) is 0 Å². The molecule has 128 valence electrons. The largest absolute Gasteiger partial charge is 0.388 e. The Morgan fingerprint density at radius 3 is 2.46 bits per heavy atom. The monoisotopic (exact) mass is 383 g/mol. The summed E-state index contributed by atoms with van der Waals surface area (Å²) in [4.78, 5) is 0. The van der Waals surface area contributed by atoms with Gasteiger partial charge in [0.25, 0.3) is 0 Å². The van der Waals surface area contributed by atoms with Gasteiger partial charge in [-0.05, 0) is 49.7 Å². The van der Waals surface area contributed by atoms with Gasteiger partial charge in [-0.1, -0.05) is 41.7 Å². The number of halogens is 3. The van der Waals surface area contributed by atoms with Crippen LogP contribution in [0.5, 0.6) is 0 Å². The van der Waals surface area contributed by atoms with Gasteiger partial charge in [0.05, 0.1) is 21.4 Å². The Morgan fingerprint density at radius 2 is 1.83 bits per heavy atom. The second kappa shape index (κ2) is 8.61. The van der Waals surface area contributed by atoms with Crippen LogP contribution in [0.3, 0.4) is 0 Å². The number of rotatable bonds is 6. The second-order valence-corrected chi connectivity index (χ2v) is 6.60. The maximum Gasteiger partial charge on any atom is 0.0672 e. The van der Waals surface area contributed by atoms with E-state index in [2.05, 4.69) is 12.2 Å². The lowest BCUT2D eigenvalue weighted by molar-refractivity contribution is 0.806. The molecule has 0 fully saturated rings. The highest BCUT2D eigenvalue weighted by atomic mass is 35.5. The maximum absolute atomic E-state index is 6.15. The summed E-state index contributed by atoms with van der Waals surface area (Å²) >= 11 is 18.3. The summed E-state index contributed by atoms with van der Waals surface area (Å²) in [7, 11) is 1.88. The first-order valence-electron chi connectivity index (χ1n) is 7.71. The Hall–Kier alpha value is -1.42. The zero-order valence-electron chi connectivity index (χ0n) is 13.9. The Bertz CT molecular complexity index is 744. The molecule has 6 heteroatoms. The first-order valence-corrected chi connectivity index (χ1v) is 8.85. The van der Waals surface area contributed by atoms with Crippen molar-refractivity contribution in [2.24, 2.45) is 5.10 Å². The van der Waals surface area contributed by atoms with Crippen LogP contribution in [0.25, 0.3) is 0 Å². The van der Waals surface area contributed by atoms with Gasteiger partial charge in [0.2, 0.25) is 0 Å². The average Bonchev–Trinajstić information content (AvgIpc) is 2.56. The SMILES string of the molecule is CCCN(/N=C(\C)c1cc(Cl)ccc1NC)c1ccc(Cl)c(Cl)c1. The molecule has 0 radical (unpaired) electrons. The van der Waals surface area contributed by atoms with Gasteiger partial charge in [0.1, 0.15) is 0 Å². The van der Waals surface area contributed by atoms with Gasteiger partial charge in [0, 0.05) is 29.9 Å². The van der Waals surface area contributed by atoms with Gasteiger partial charge in [-0.15, -0.1) is 0 Å². The molecule has 24 heavy (non-hydrogen) atoms. The summed E-state index contributed by atoms with van der Waals surface area (Å²) < 4.78 is 0. The normalized spacial score (nSPS) is 11.5. The number of nitrogens with zero attached hydrogens (tertiary/aromatic N) is 2. The van der Waals surface area contributed by atoms with E-state index in [1.165, 1.54) is 0 Å². The summed E-state index contributed by atoms with van der Waals surface area (Å²) in [5, 5.41) is 11.6. The first kappa shape index (κ1) is 18.9. The van der Waals surface area contributed by atoms with Crippen molar-refractivity contribution in [2.45, 2.75) is 20.3 Å². The van der Waals surface area contributed by atoms with Crippen LogP contribution in [-0.2, 0) is 0 Å². The van der Waals surface area contributed by atoms with E-state index < -0.39 is 0 Å². The van der Waals surface area contributed by atoms with E-state index in [-0.39, 0.29) is 0 Å². The second-order valence-electron chi connectivity index (χ2n) is 5.35. The van der Waals surface area contributed by atoms with E-state index in [1.807, 2.05) is 49.3 Å². The van der Waals surface area contributed by atoms with Gasteiger partial charge in [-0.3, -0.25) is 5.01 Å². The minimum absolute atomic E-state index is 0.516. The molecule has 0 aliphatic rings. The highest BCUT2D eigenvalue weighted by molar-refractivity contribution is 6.42. The molecule has 3 nitrogen and oxygen atoms in total. The van der Waals surface area contributed by atoms with Crippen LogP contribution in [0.1, 0.15) is 25.8 Å². The Kier molecular flexibility index (Phi) is 6.79. The third kappa shape index (κ3) is 4.56. The molecule has 1 N–H and O–H groups in total. The summed E-state index contributed by atoms with van der Waals surface area (Å²) in [5.74, 6) is 0. The molecular formula is C18H20Cl3N3. The molecule has 0 saturated carbocycles. The average molecular weight is 385 g/mol. The summed E-state index contributed by atoms with van der Waals surface area (Å²) in [6.45, 7) is 4.84. The molecule has 0 bridgehead atoms. The third-order valence-corrected chi connectivity index (χ3v) is 4.52. The fourth-order valence-electron chi connectivity index (χ4n) is 2.36. The van der Waals surface area contributed by atoms with Crippen LogP contribution in [0.15, 0.2) is 41.5 Å². The molecule has 0 aliphatic carbocycles. The number of benzene rings is 2. The molecule has 0 aliphatic heterocycles. The molecule has 0 aromatic heterocycles. The fraction of sp³-hybridized carbons (Fsp3) is 0.278. The predicted octanol–water partition coefficient (Wildman–Crippen LogP) is 6.33. The molecule has 0 saturated heterocycles. The minimum Gasteiger partial charge on any atom is -0.388 e. The number of hydrazone groups is 1. The van der Waals surface area contributed by atoms with E-state index in [0.717, 1.165) is 35.6 Å². The van der Waals surface area contributed by atoms with Crippen LogP contribution in [0.2, 0.25) is 15.1 Å². The minimum atomic E-state index is 0.516. The van der Waals surface area contributed by atoms with Gasteiger partial charge < -0.3 is 5.32 Å². The fourth-order valence-corrected chi connectivity index (χ4v) is 2.83. The van der Waals surface area contributed by atoms with Crippen LogP contribution in [0, 0.1) is 0 Å². The summed E-state index contributed by atoms with van der Waals surface area (Å²) in [5.41, 5.74) is 3.71. The summed E-state index contributed by atoms with van der Waals surface area (Å²) in [6, 6.07) is 11.2. The molecule has 2 aromatic carbocycles. The van der Waals surface area contributed by atoms with Crippen LogP contribution < -0.4 is 10.3 Å². The van der Waals surface area contributed by atoms with Gasteiger partial charge in [0.15, 0.2) is 0 Å². The van der Waals surface area contributed by atoms with Crippen molar-refractivity contribution in [3.63, 3.8) is 0 Å². The lowest BCUT2D eigenvalue weighted by atomic mass is 10.1. The smallest absolute Gasteiger partial charge is 0.0672 e. The topological polar surface area (TPSA) is 27.6 Å². The Balaban J connectivity index is 2.43. The maximum atomic E-state index is 6.15. The third-order valence-electron chi connectivity index (χ3n) is 3.55. The molecule has 2 aromatic rings. The number of hydrogen-bond acceptors (Lipinski definition) is 3. The number of hydrogen-bond donors (Lipinski definition) is 1. The standard InChI is InChI=1S/C18H20Cl3N3/c1-4-9-24(14-6-7-16(20)17(21)11-14)23-12(2)15-10-13(19)5-8-18(15)22-3/h5-8,10-11,22H,4,9H2,1-3H3/b23-12+. The van der Waals surface area contributed by atoms with Crippen molar-refractivity contribution < 1.29 is 0 Å². The lowest BCUT2D eigenvalue weighted by Gasteiger charge is -2.21. The Morgan fingerprint density at radius 1 is 1.08 bits per heavy atom. The first-order chi connectivity index (χ1) is 11.5. The zero-order chi connectivity index (χ0) is 17.7. The molecule has 0 atom stereocenters. The van der Waals surface area contributed by atoms with Crippen molar-refractivity contribution >= 4 is 51.9 Å². The lowest BCUT2D eigenvalue weighted by Crippen LogP contribution is -2.20. The molecule has 0 spiro atoms. The van der Waals surface area contributed by atoms with Crippen molar-refractivity contribution in [1.82, 2.24) is 0 Å². The predicted molar refractivity (Wildman–Crippen MR) is 107 cm³/mol. The van der Waals surface area contributed by atoms with Crippen LogP contribution >= 0.6 is 34.8 Å². The van der Waals surface area contributed by atoms with Crippen molar-refractivity contribution in [1.29, 1.82) is 0 Å². The molecule has 0 heterocycles. The quantitative estimate of drug-likeness (QED) is 0.465. The van der Waals surface area contributed by atoms with Crippen LogP contribution in [0.4, 0.5) is 11.4 Å². The van der Waals surface area contributed by atoms with E-state index >= 15 is 0 Å². The Labute approximate surface area is 158 Å². The molecule has 0 unspecified atom stereocenters. The van der Waals surface area contributed by atoms with E-state index in [4.69, 9.17) is 39.9 Å². The van der Waals surface area contributed by atoms with E-state index in [0.29, 0.717) is 15.1 Å². The molecule has 0 amide bonds. The van der Waals surface area contributed by atoms with Crippen molar-refractivity contribution in [2.75, 3.05) is 23.9 Å². The highest BCUT2D eigenvalue weighted by Gasteiger charge is 2.11. The van der Waals surface area contributed by atoms with Crippen molar-refractivity contribution in [3.05, 3.63) is 57.0 Å². The van der Waals surface area contributed by atoms with Crippen molar-refractivity contribution in [3.8, 4) is 0 Å². The molecule has 2 rings (SSSR count). The summed E-state index contributed by atoms with van der Waals surface area (Å²) in [6.07, 6.45) is 0.950. The van der Waals surface area contributed by atoms with Crippen LogP contribution in [-0.4, -0.2) is 19.3 Å². The zero-order valence-corrected chi connectivity index (χ0v) is 16.2. The molecular weight excluding hydrogens is 365 g/mol. The number of nitrogens with one attached hydrogen (secondary N) is 1.